The molecule has 1 aliphatic heterocycles. The normalized spacial score (nSPS) is 18.3. The van der Waals surface area contributed by atoms with Crippen LogP contribution in [-0.2, 0) is 4.79 Å². The third-order valence-electron chi connectivity index (χ3n) is 4.28. The molecule has 0 aromatic heterocycles. The highest BCUT2D eigenvalue weighted by Crippen LogP contribution is 2.35. The fraction of sp³-hybridized carbons (Fsp3) is 0.824. The standard InChI is InChI=1S/C17H31NO/c1-5-7-8-9-10-11-16(19)15-14-18(6-2)13-12-17(15,3)4/h14H,5-13H2,1-4H3. The molecule has 1 heterocycles. The summed E-state index contributed by atoms with van der Waals surface area (Å²) in [4.78, 5) is 14.7. The minimum Gasteiger partial charge on any atom is -0.377 e. The Balaban J connectivity index is 2.50. The van der Waals surface area contributed by atoms with Gasteiger partial charge in [0.1, 0.15) is 0 Å². The van der Waals surface area contributed by atoms with Gasteiger partial charge >= 0.3 is 0 Å². The lowest BCUT2D eigenvalue weighted by molar-refractivity contribution is -0.117. The molecule has 0 radical (unpaired) electrons. The van der Waals surface area contributed by atoms with Gasteiger partial charge in [0.05, 0.1) is 0 Å². The fourth-order valence-corrected chi connectivity index (χ4v) is 2.70. The zero-order valence-electron chi connectivity index (χ0n) is 13.3. The van der Waals surface area contributed by atoms with Crippen molar-refractivity contribution in [3.05, 3.63) is 11.8 Å². The molecule has 19 heavy (non-hydrogen) atoms. The van der Waals surface area contributed by atoms with Crippen molar-refractivity contribution in [1.82, 2.24) is 4.90 Å². The number of allylic oxidation sites excluding steroid dienone is 1. The molecule has 2 heteroatoms. The van der Waals surface area contributed by atoms with Crippen LogP contribution in [0.1, 0.15) is 72.6 Å². The van der Waals surface area contributed by atoms with Crippen LogP contribution in [0.5, 0.6) is 0 Å². The van der Waals surface area contributed by atoms with Crippen molar-refractivity contribution in [3.63, 3.8) is 0 Å². The first-order valence-corrected chi connectivity index (χ1v) is 8.00. The van der Waals surface area contributed by atoms with E-state index in [0.29, 0.717) is 5.78 Å². The third-order valence-corrected chi connectivity index (χ3v) is 4.28. The molecule has 0 amide bonds. The van der Waals surface area contributed by atoms with Gasteiger partial charge in [-0.2, -0.15) is 0 Å². The smallest absolute Gasteiger partial charge is 0.160 e. The molecule has 0 bridgehead atoms. The Morgan fingerprint density at radius 2 is 1.89 bits per heavy atom. The van der Waals surface area contributed by atoms with E-state index >= 15 is 0 Å². The van der Waals surface area contributed by atoms with Gasteiger partial charge in [-0.25, -0.2) is 0 Å². The first kappa shape index (κ1) is 16.3. The van der Waals surface area contributed by atoms with Crippen molar-refractivity contribution in [3.8, 4) is 0 Å². The summed E-state index contributed by atoms with van der Waals surface area (Å²) in [6.07, 6.45) is 10.0. The summed E-state index contributed by atoms with van der Waals surface area (Å²) in [5.74, 6) is 0.375. The van der Waals surface area contributed by atoms with Crippen molar-refractivity contribution >= 4 is 5.78 Å². The lowest BCUT2D eigenvalue weighted by Gasteiger charge is -2.36. The third kappa shape index (κ3) is 5.00. The maximum absolute atomic E-state index is 12.4. The Labute approximate surface area is 119 Å². The van der Waals surface area contributed by atoms with E-state index in [1.54, 1.807) is 0 Å². The highest BCUT2D eigenvalue weighted by Gasteiger charge is 2.31. The molecule has 0 aliphatic carbocycles. The SMILES string of the molecule is CCCCCCCC(=O)C1=CN(CC)CCC1(C)C. The van der Waals surface area contributed by atoms with E-state index in [0.717, 1.165) is 37.9 Å². The maximum atomic E-state index is 12.4. The van der Waals surface area contributed by atoms with Gasteiger partial charge in [-0.05, 0) is 25.2 Å². The Bertz CT molecular complexity index is 317. The summed E-state index contributed by atoms with van der Waals surface area (Å²) in [7, 11) is 0. The molecule has 0 aromatic carbocycles. The minimum atomic E-state index is 0.0617. The van der Waals surface area contributed by atoms with Crippen LogP contribution < -0.4 is 0 Å². The van der Waals surface area contributed by atoms with Gasteiger partial charge in [0, 0.05) is 31.3 Å². The van der Waals surface area contributed by atoms with Gasteiger partial charge < -0.3 is 4.90 Å². The van der Waals surface area contributed by atoms with E-state index in [4.69, 9.17) is 0 Å². The summed E-state index contributed by atoms with van der Waals surface area (Å²) in [6, 6.07) is 0. The van der Waals surface area contributed by atoms with Gasteiger partial charge in [0.25, 0.3) is 0 Å². The van der Waals surface area contributed by atoms with Crippen LogP contribution in [0.3, 0.4) is 0 Å². The quantitative estimate of drug-likeness (QED) is 0.600. The zero-order chi connectivity index (χ0) is 14.3. The Morgan fingerprint density at radius 1 is 1.21 bits per heavy atom. The highest BCUT2D eigenvalue weighted by atomic mass is 16.1. The van der Waals surface area contributed by atoms with E-state index < -0.39 is 0 Å². The summed E-state index contributed by atoms with van der Waals surface area (Å²) in [5, 5.41) is 0. The average Bonchev–Trinajstić information content (AvgIpc) is 2.38. The van der Waals surface area contributed by atoms with E-state index in [1.165, 1.54) is 25.7 Å². The van der Waals surface area contributed by atoms with Crippen molar-refractivity contribution in [1.29, 1.82) is 0 Å². The van der Waals surface area contributed by atoms with E-state index in [1.807, 2.05) is 0 Å². The van der Waals surface area contributed by atoms with Crippen molar-refractivity contribution < 1.29 is 4.79 Å². The number of carbonyl (C=O) groups is 1. The van der Waals surface area contributed by atoms with Gasteiger partial charge in [0.2, 0.25) is 0 Å². The lowest BCUT2D eigenvalue weighted by Crippen LogP contribution is -2.34. The zero-order valence-corrected chi connectivity index (χ0v) is 13.3. The van der Waals surface area contributed by atoms with E-state index in [9.17, 15) is 4.79 Å². The Hall–Kier alpha value is -0.790. The van der Waals surface area contributed by atoms with Gasteiger partial charge in [-0.3, -0.25) is 4.79 Å². The van der Waals surface area contributed by atoms with Gasteiger partial charge in [-0.1, -0.05) is 46.5 Å². The number of ketones is 1. The van der Waals surface area contributed by atoms with Crippen molar-refractivity contribution in [2.24, 2.45) is 5.41 Å². The molecule has 1 rings (SSSR count). The number of rotatable bonds is 8. The molecule has 0 saturated heterocycles. The van der Waals surface area contributed by atoms with Crippen LogP contribution in [-0.4, -0.2) is 23.8 Å². The molecular formula is C17H31NO. The van der Waals surface area contributed by atoms with Crippen LogP contribution in [0, 0.1) is 5.41 Å². The maximum Gasteiger partial charge on any atom is 0.160 e. The first-order chi connectivity index (χ1) is 9.01. The molecule has 0 fully saturated rings. The van der Waals surface area contributed by atoms with E-state index in [-0.39, 0.29) is 5.41 Å². The van der Waals surface area contributed by atoms with Crippen LogP contribution in [0.25, 0.3) is 0 Å². The number of hydrogen-bond acceptors (Lipinski definition) is 2. The Kier molecular flexibility index (Phi) is 6.60. The minimum absolute atomic E-state index is 0.0617. The second-order valence-corrected chi connectivity index (χ2v) is 6.39. The monoisotopic (exact) mass is 265 g/mol. The molecule has 0 atom stereocenters. The molecular weight excluding hydrogens is 234 g/mol. The van der Waals surface area contributed by atoms with E-state index in [2.05, 4.69) is 38.8 Å². The molecule has 110 valence electrons. The second kappa shape index (κ2) is 7.72. The summed E-state index contributed by atoms with van der Waals surface area (Å²) >= 11 is 0. The molecule has 0 aromatic rings. The molecule has 0 N–H and O–H groups in total. The molecule has 0 saturated carbocycles. The number of nitrogens with zero attached hydrogens (tertiary/aromatic N) is 1. The van der Waals surface area contributed by atoms with Gasteiger partial charge in [0.15, 0.2) is 5.78 Å². The highest BCUT2D eigenvalue weighted by molar-refractivity contribution is 5.96. The largest absolute Gasteiger partial charge is 0.377 e. The van der Waals surface area contributed by atoms with Crippen molar-refractivity contribution in [2.75, 3.05) is 13.1 Å². The number of carbonyl (C=O) groups excluding carboxylic acids is 1. The number of unbranched alkanes of at least 4 members (excludes halogenated alkanes) is 4. The number of hydrogen-bond donors (Lipinski definition) is 0. The first-order valence-electron chi connectivity index (χ1n) is 8.00. The second-order valence-electron chi connectivity index (χ2n) is 6.39. The average molecular weight is 265 g/mol. The molecule has 0 unspecified atom stereocenters. The van der Waals surface area contributed by atoms with Gasteiger partial charge in [-0.15, -0.1) is 0 Å². The molecule has 0 spiro atoms. The number of Topliss-reactive ketones (excluding diaryl/α,β-unsaturated/α-hetero) is 1. The van der Waals surface area contributed by atoms with Crippen LogP contribution >= 0.6 is 0 Å². The fourth-order valence-electron chi connectivity index (χ4n) is 2.70. The summed E-state index contributed by atoms with van der Waals surface area (Å²) in [5.41, 5.74) is 1.11. The predicted molar refractivity (Wildman–Crippen MR) is 82.1 cm³/mol. The summed E-state index contributed by atoms with van der Waals surface area (Å²) < 4.78 is 0. The predicted octanol–water partition coefficient (Wildman–Crippen LogP) is 4.55. The topological polar surface area (TPSA) is 20.3 Å². The summed E-state index contributed by atoms with van der Waals surface area (Å²) in [6.45, 7) is 10.9. The molecule has 1 aliphatic rings. The van der Waals surface area contributed by atoms with Crippen molar-refractivity contribution in [2.45, 2.75) is 72.6 Å². The van der Waals surface area contributed by atoms with Crippen LogP contribution in [0.4, 0.5) is 0 Å². The Morgan fingerprint density at radius 3 is 2.53 bits per heavy atom. The molecule has 2 nitrogen and oxygen atoms in total. The van der Waals surface area contributed by atoms with Crippen LogP contribution in [0.15, 0.2) is 11.8 Å². The lowest BCUT2D eigenvalue weighted by atomic mass is 9.76. The van der Waals surface area contributed by atoms with Crippen LogP contribution in [0.2, 0.25) is 0 Å².